The monoisotopic (exact) mass is 1040 g/mol. The lowest BCUT2D eigenvalue weighted by Gasteiger charge is -2.18. The van der Waals surface area contributed by atoms with Crippen LogP contribution < -0.4 is 0 Å². The number of carbonyl (C=O) groups is 3. The molecule has 0 aromatic rings. The third kappa shape index (κ3) is 60.8. The molecule has 436 valence electrons. The Labute approximate surface area is 462 Å². The van der Waals surface area contributed by atoms with E-state index >= 15 is 0 Å². The van der Waals surface area contributed by atoms with Gasteiger partial charge in [0.15, 0.2) is 6.10 Å². The van der Waals surface area contributed by atoms with Crippen molar-refractivity contribution in [2.45, 2.75) is 380 Å². The normalized spacial score (nSPS) is 12.1. The van der Waals surface area contributed by atoms with Crippen molar-refractivity contribution < 1.29 is 28.6 Å². The number of hydrogen-bond donors (Lipinski definition) is 0. The minimum Gasteiger partial charge on any atom is -0.462 e. The van der Waals surface area contributed by atoms with Crippen molar-refractivity contribution in [1.29, 1.82) is 0 Å². The average Bonchev–Trinajstić information content (AvgIpc) is 3.40. The molecule has 0 fully saturated rings. The quantitative estimate of drug-likeness (QED) is 0.0261. The smallest absolute Gasteiger partial charge is 0.306 e. The standard InChI is InChI=1S/C68H128O6/c1-4-7-10-13-16-19-22-24-26-28-30-32-33-34-35-36-38-39-41-43-46-49-52-55-58-61-67(70)73-64-65(63-72-66(69)60-57-54-51-48-45-21-18-15-12-9-6-3)74-68(71)62-59-56-53-50-47-44-42-40-37-31-29-27-25-23-20-17-14-11-8-5-2/h15,18,28,30,65H,4-14,16-17,19-27,29,31-64H2,1-3H3/b18-15-,30-28-. The van der Waals surface area contributed by atoms with Crippen LogP contribution >= 0.6 is 0 Å². The van der Waals surface area contributed by atoms with Gasteiger partial charge in [0.05, 0.1) is 0 Å². The topological polar surface area (TPSA) is 78.9 Å². The summed E-state index contributed by atoms with van der Waals surface area (Å²) in [7, 11) is 0. The van der Waals surface area contributed by atoms with E-state index in [2.05, 4.69) is 45.1 Å². The van der Waals surface area contributed by atoms with Crippen molar-refractivity contribution in [2.24, 2.45) is 0 Å². The Kier molecular flexibility index (Phi) is 61.6. The van der Waals surface area contributed by atoms with Gasteiger partial charge in [-0.3, -0.25) is 14.4 Å². The van der Waals surface area contributed by atoms with E-state index < -0.39 is 6.10 Å². The lowest BCUT2D eigenvalue weighted by Crippen LogP contribution is -2.30. The molecule has 6 heteroatoms. The Morgan fingerprint density at radius 2 is 0.459 bits per heavy atom. The van der Waals surface area contributed by atoms with Gasteiger partial charge < -0.3 is 14.2 Å². The Morgan fingerprint density at radius 3 is 0.716 bits per heavy atom. The van der Waals surface area contributed by atoms with Gasteiger partial charge in [0.2, 0.25) is 0 Å². The van der Waals surface area contributed by atoms with Gasteiger partial charge in [-0.05, 0) is 64.2 Å². The molecule has 0 aromatic carbocycles. The van der Waals surface area contributed by atoms with E-state index in [1.54, 1.807) is 0 Å². The molecule has 0 aliphatic rings. The third-order valence-electron chi connectivity index (χ3n) is 15.2. The first-order chi connectivity index (χ1) is 36.5. The summed E-state index contributed by atoms with van der Waals surface area (Å²) >= 11 is 0. The lowest BCUT2D eigenvalue weighted by molar-refractivity contribution is -0.167. The van der Waals surface area contributed by atoms with Crippen LogP contribution in [0.3, 0.4) is 0 Å². The molecule has 0 N–H and O–H groups in total. The van der Waals surface area contributed by atoms with Crippen molar-refractivity contribution in [3.63, 3.8) is 0 Å². The van der Waals surface area contributed by atoms with Crippen LogP contribution in [0.15, 0.2) is 24.3 Å². The predicted octanol–water partition coefficient (Wildman–Crippen LogP) is 22.6. The Bertz CT molecular complexity index is 1190. The van der Waals surface area contributed by atoms with Crippen LogP contribution in [-0.4, -0.2) is 37.2 Å². The van der Waals surface area contributed by atoms with E-state index in [9.17, 15) is 14.4 Å². The first-order valence-electron chi connectivity index (χ1n) is 33.3. The first-order valence-corrected chi connectivity index (χ1v) is 33.3. The number of esters is 3. The molecule has 1 unspecified atom stereocenters. The predicted molar refractivity (Wildman–Crippen MR) is 321 cm³/mol. The number of ether oxygens (including phenoxy) is 3. The van der Waals surface area contributed by atoms with E-state index in [4.69, 9.17) is 14.2 Å². The highest BCUT2D eigenvalue weighted by molar-refractivity contribution is 5.71. The van der Waals surface area contributed by atoms with Gasteiger partial charge in [-0.25, -0.2) is 0 Å². The van der Waals surface area contributed by atoms with Gasteiger partial charge in [0.1, 0.15) is 13.2 Å². The van der Waals surface area contributed by atoms with E-state index in [-0.39, 0.29) is 31.1 Å². The first kappa shape index (κ1) is 71.9. The SMILES string of the molecule is CCCC/C=C\CCCCCCCC(=O)OCC(COC(=O)CCCCCCCCCCCCCCC/C=C\CCCCCCCCCC)OC(=O)CCCCCCCCCCCCCCCCCCCCCC. The molecule has 0 radical (unpaired) electrons. The lowest BCUT2D eigenvalue weighted by atomic mass is 10.0. The summed E-state index contributed by atoms with van der Waals surface area (Å²) in [6, 6.07) is 0. The molecule has 0 saturated heterocycles. The average molecular weight is 1040 g/mol. The van der Waals surface area contributed by atoms with E-state index in [0.717, 1.165) is 64.2 Å². The fraction of sp³-hybridized carbons (Fsp3) is 0.897. The highest BCUT2D eigenvalue weighted by atomic mass is 16.6. The van der Waals surface area contributed by atoms with E-state index in [1.165, 1.54) is 270 Å². The molecule has 74 heavy (non-hydrogen) atoms. The summed E-state index contributed by atoms with van der Waals surface area (Å²) in [5.74, 6) is -0.852. The van der Waals surface area contributed by atoms with E-state index in [1.807, 2.05) is 0 Å². The zero-order valence-corrected chi connectivity index (χ0v) is 50.1. The fourth-order valence-electron chi connectivity index (χ4n) is 10.1. The van der Waals surface area contributed by atoms with Crippen molar-refractivity contribution in [1.82, 2.24) is 0 Å². The number of rotatable bonds is 62. The van der Waals surface area contributed by atoms with Crippen molar-refractivity contribution in [3.05, 3.63) is 24.3 Å². The molecule has 0 aliphatic carbocycles. The van der Waals surface area contributed by atoms with Gasteiger partial charge in [-0.2, -0.15) is 0 Å². The largest absolute Gasteiger partial charge is 0.462 e. The van der Waals surface area contributed by atoms with Crippen LogP contribution in [0.2, 0.25) is 0 Å². The van der Waals surface area contributed by atoms with Crippen molar-refractivity contribution in [2.75, 3.05) is 13.2 Å². The molecular weight excluding hydrogens is 913 g/mol. The minimum atomic E-state index is -0.771. The number of unbranched alkanes of at least 4 members (excludes halogenated alkanes) is 47. The van der Waals surface area contributed by atoms with Crippen molar-refractivity contribution in [3.8, 4) is 0 Å². The minimum absolute atomic E-state index is 0.0687. The van der Waals surface area contributed by atoms with Gasteiger partial charge >= 0.3 is 17.9 Å². The second kappa shape index (κ2) is 63.4. The Morgan fingerprint density at radius 1 is 0.257 bits per heavy atom. The maximum Gasteiger partial charge on any atom is 0.306 e. The zero-order valence-electron chi connectivity index (χ0n) is 50.1. The maximum atomic E-state index is 12.9. The number of allylic oxidation sites excluding steroid dienone is 4. The molecule has 0 saturated carbocycles. The molecule has 0 spiro atoms. The third-order valence-corrected chi connectivity index (χ3v) is 15.2. The van der Waals surface area contributed by atoms with Crippen LogP contribution in [0.5, 0.6) is 0 Å². The van der Waals surface area contributed by atoms with Crippen LogP contribution in [0.1, 0.15) is 374 Å². The van der Waals surface area contributed by atoms with Gasteiger partial charge in [0.25, 0.3) is 0 Å². The molecule has 0 bridgehead atoms. The molecule has 0 aliphatic heterocycles. The van der Waals surface area contributed by atoms with Crippen LogP contribution in [0, 0.1) is 0 Å². The molecular formula is C68H128O6. The van der Waals surface area contributed by atoms with Crippen molar-refractivity contribution >= 4 is 17.9 Å². The van der Waals surface area contributed by atoms with Crippen LogP contribution in [-0.2, 0) is 28.6 Å². The molecule has 0 aromatic heterocycles. The van der Waals surface area contributed by atoms with Crippen LogP contribution in [0.4, 0.5) is 0 Å². The van der Waals surface area contributed by atoms with Crippen LogP contribution in [0.25, 0.3) is 0 Å². The second-order valence-corrected chi connectivity index (χ2v) is 22.7. The molecule has 0 amide bonds. The summed E-state index contributed by atoms with van der Waals surface area (Å²) in [5.41, 5.74) is 0. The summed E-state index contributed by atoms with van der Waals surface area (Å²) in [6.45, 7) is 6.66. The molecule has 0 heterocycles. The van der Waals surface area contributed by atoms with Gasteiger partial charge in [-0.15, -0.1) is 0 Å². The maximum absolute atomic E-state index is 12.9. The Hall–Kier alpha value is -2.11. The summed E-state index contributed by atoms with van der Waals surface area (Å²) in [4.78, 5) is 38.3. The number of hydrogen-bond acceptors (Lipinski definition) is 6. The summed E-state index contributed by atoms with van der Waals surface area (Å²) in [5, 5.41) is 0. The second-order valence-electron chi connectivity index (χ2n) is 22.7. The zero-order chi connectivity index (χ0) is 53.6. The van der Waals surface area contributed by atoms with Gasteiger partial charge in [-0.1, -0.05) is 315 Å². The van der Waals surface area contributed by atoms with E-state index in [0.29, 0.717) is 19.3 Å². The molecule has 0 rings (SSSR count). The summed E-state index contributed by atoms with van der Waals surface area (Å²) < 4.78 is 16.9. The van der Waals surface area contributed by atoms with Gasteiger partial charge in [0, 0.05) is 19.3 Å². The fourth-order valence-corrected chi connectivity index (χ4v) is 10.1. The highest BCUT2D eigenvalue weighted by Crippen LogP contribution is 2.18. The molecule has 1 atom stereocenters. The highest BCUT2D eigenvalue weighted by Gasteiger charge is 2.19. The summed E-state index contributed by atoms with van der Waals surface area (Å²) in [6.07, 6.45) is 76.3. The molecule has 6 nitrogen and oxygen atoms in total. The Balaban J connectivity index is 4.19. The number of carbonyl (C=O) groups excluding carboxylic acids is 3.